The number of hydrogen-bond donors (Lipinski definition) is 0. The van der Waals surface area contributed by atoms with Gasteiger partial charge in [-0.05, 0) is 31.0 Å². The van der Waals surface area contributed by atoms with E-state index in [1.807, 2.05) is 25.1 Å². The first-order valence-electron chi connectivity index (χ1n) is 4.50. The third-order valence-electron chi connectivity index (χ3n) is 1.96. The van der Waals surface area contributed by atoms with E-state index in [2.05, 4.69) is 11.8 Å². The molecule has 0 radical (unpaired) electrons. The predicted molar refractivity (Wildman–Crippen MR) is 59.8 cm³/mol. The number of rotatable bonds is 3. The molecule has 0 aromatic heterocycles. The van der Waals surface area contributed by atoms with Crippen LogP contribution in [0.5, 0.6) is 5.75 Å². The number of benzene rings is 1. The smallest absolute Gasteiger partial charge is 0.120 e. The van der Waals surface area contributed by atoms with Gasteiger partial charge in [-0.1, -0.05) is 17.7 Å². The van der Waals surface area contributed by atoms with Gasteiger partial charge in [0.2, 0.25) is 0 Å². The van der Waals surface area contributed by atoms with Gasteiger partial charge in [-0.3, -0.25) is 0 Å². The molecule has 0 aliphatic rings. The van der Waals surface area contributed by atoms with Gasteiger partial charge in [0, 0.05) is 11.4 Å². The van der Waals surface area contributed by atoms with Gasteiger partial charge in [0.1, 0.15) is 5.75 Å². The summed E-state index contributed by atoms with van der Waals surface area (Å²) in [6.45, 7) is 1.84. The zero-order valence-electron chi connectivity index (χ0n) is 8.43. The maximum Gasteiger partial charge on any atom is 0.120 e. The Bertz CT molecular complexity index is 360. The van der Waals surface area contributed by atoms with Crippen LogP contribution in [0.15, 0.2) is 18.2 Å². The quantitative estimate of drug-likeness (QED) is 0.693. The summed E-state index contributed by atoms with van der Waals surface area (Å²) in [5.74, 6) is 6.67. The van der Waals surface area contributed by atoms with Crippen LogP contribution in [-0.4, -0.2) is 7.11 Å². The summed E-state index contributed by atoms with van der Waals surface area (Å²) in [7, 11) is 1.63. The Kier molecular flexibility index (Phi) is 4.35. The zero-order valence-corrected chi connectivity index (χ0v) is 9.19. The van der Waals surface area contributed by atoms with Crippen LogP contribution in [0.25, 0.3) is 0 Å². The number of methoxy groups -OCH3 is 1. The van der Waals surface area contributed by atoms with Gasteiger partial charge in [0.05, 0.1) is 7.11 Å². The number of ether oxygens (including phenoxy) is 1. The molecule has 0 aliphatic heterocycles. The van der Waals surface area contributed by atoms with E-state index in [9.17, 15) is 0 Å². The third-order valence-corrected chi connectivity index (χ3v) is 2.31. The van der Waals surface area contributed by atoms with Crippen LogP contribution < -0.4 is 4.74 Å². The molecule has 0 saturated heterocycles. The third kappa shape index (κ3) is 2.97. The van der Waals surface area contributed by atoms with Gasteiger partial charge in [-0.15, -0.1) is 11.8 Å². The second kappa shape index (κ2) is 5.57. The van der Waals surface area contributed by atoms with E-state index in [1.165, 1.54) is 0 Å². The van der Waals surface area contributed by atoms with Crippen molar-refractivity contribution < 1.29 is 4.74 Å². The molecule has 1 aromatic rings. The first-order valence-corrected chi connectivity index (χ1v) is 4.87. The molecule has 1 nitrogen and oxygen atoms in total. The summed E-state index contributed by atoms with van der Waals surface area (Å²) in [5, 5.41) is 0.752. The Balaban J connectivity index is 2.71. The fraction of sp³-hybridized carbons (Fsp3) is 0.333. The lowest BCUT2D eigenvalue weighted by molar-refractivity contribution is 0.414. The summed E-state index contributed by atoms with van der Waals surface area (Å²) in [6.07, 6.45) is 1.74. The fourth-order valence-electron chi connectivity index (χ4n) is 1.18. The van der Waals surface area contributed by atoms with Crippen molar-refractivity contribution in [2.45, 2.75) is 19.8 Å². The lowest BCUT2D eigenvalue weighted by atomic mass is 10.1. The van der Waals surface area contributed by atoms with E-state index >= 15 is 0 Å². The minimum absolute atomic E-state index is 0.752. The highest BCUT2D eigenvalue weighted by atomic mass is 35.5. The van der Waals surface area contributed by atoms with E-state index < -0.39 is 0 Å². The van der Waals surface area contributed by atoms with Crippen molar-refractivity contribution in [3.05, 3.63) is 28.8 Å². The fourth-order valence-corrected chi connectivity index (χ4v) is 1.44. The van der Waals surface area contributed by atoms with Crippen LogP contribution in [0.4, 0.5) is 0 Å². The molecule has 0 aliphatic carbocycles. The summed E-state index contributed by atoms with van der Waals surface area (Å²) < 4.78 is 5.06. The Labute approximate surface area is 90.0 Å². The molecule has 1 aromatic carbocycles. The molecule has 0 heterocycles. The van der Waals surface area contributed by atoms with Crippen molar-refractivity contribution in [2.75, 3.05) is 7.11 Å². The average Bonchev–Trinajstić information content (AvgIpc) is 2.20. The molecule has 0 fully saturated rings. The highest BCUT2D eigenvalue weighted by Crippen LogP contribution is 2.23. The lowest BCUT2D eigenvalue weighted by Crippen LogP contribution is -1.88. The molecular weight excluding hydrogens is 196 g/mol. The molecule has 0 spiro atoms. The molecular formula is C12H13ClO. The minimum Gasteiger partial charge on any atom is -0.497 e. The number of hydrogen-bond acceptors (Lipinski definition) is 1. The van der Waals surface area contributed by atoms with Crippen molar-refractivity contribution in [1.82, 2.24) is 0 Å². The standard InChI is InChI=1S/C12H13ClO/c1-3-4-5-6-10-7-8-11(14-2)9-12(10)13/h7-9H,5-6H2,1-2H3. The highest BCUT2D eigenvalue weighted by Gasteiger charge is 2.00. The van der Waals surface area contributed by atoms with Crippen molar-refractivity contribution >= 4 is 11.6 Å². The van der Waals surface area contributed by atoms with Gasteiger partial charge in [0.25, 0.3) is 0 Å². The summed E-state index contributed by atoms with van der Waals surface area (Å²) in [4.78, 5) is 0. The van der Waals surface area contributed by atoms with Crippen LogP contribution in [0.1, 0.15) is 18.9 Å². The predicted octanol–water partition coefficient (Wildman–Crippen LogP) is 3.30. The Morgan fingerprint density at radius 2 is 2.21 bits per heavy atom. The first kappa shape index (κ1) is 10.9. The monoisotopic (exact) mass is 208 g/mol. The highest BCUT2D eigenvalue weighted by molar-refractivity contribution is 6.31. The van der Waals surface area contributed by atoms with Crippen LogP contribution >= 0.6 is 11.6 Å². The lowest BCUT2D eigenvalue weighted by Gasteiger charge is -2.04. The Morgan fingerprint density at radius 1 is 1.43 bits per heavy atom. The summed E-state index contributed by atoms with van der Waals surface area (Å²) >= 11 is 6.06. The maximum absolute atomic E-state index is 6.06. The second-order valence-corrected chi connectivity index (χ2v) is 3.29. The Hall–Kier alpha value is -1.13. The van der Waals surface area contributed by atoms with Gasteiger partial charge in [-0.25, -0.2) is 0 Å². The molecule has 0 unspecified atom stereocenters. The second-order valence-electron chi connectivity index (χ2n) is 2.88. The SMILES string of the molecule is CC#CCCc1ccc(OC)cc1Cl. The molecule has 0 amide bonds. The zero-order chi connectivity index (χ0) is 10.4. The van der Waals surface area contributed by atoms with Crippen LogP contribution in [0.3, 0.4) is 0 Å². The maximum atomic E-state index is 6.06. The molecule has 0 bridgehead atoms. The van der Waals surface area contributed by atoms with Gasteiger partial charge in [-0.2, -0.15) is 0 Å². The molecule has 74 valence electrons. The van der Waals surface area contributed by atoms with E-state index in [0.717, 1.165) is 29.2 Å². The van der Waals surface area contributed by atoms with E-state index in [0.29, 0.717) is 0 Å². The average molecular weight is 209 g/mol. The van der Waals surface area contributed by atoms with Gasteiger partial charge >= 0.3 is 0 Å². The Morgan fingerprint density at radius 3 is 2.79 bits per heavy atom. The van der Waals surface area contributed by atoms with E-state index in [1.54, 1.807) is 7.11 Å². The summed E-state index contributed by atoms with van der Waals surface area (Å²) in [6, 6.07) is 5.73. The van der Waals surface area contributed by atoms with Gasteiger partial charge in [0.15, 0.2) is 0 Å². The number of aryl methyl sites for hydroxylation is 1. The van der Waals surface area contributed by atoms with Crippen molar-refractivity contribution in [2.24, 2.45) is 0 Å². The van der Waals surface area contributed by atoms with E-state index in [-0.39, 0.29) is 0 Å². The molecule has 0 saturated carbocycles. The molecule has 0 N–H and O–H groups in total. The minimum atomic E-state index is 0.752. The van der Waals surface area contributed by atoms with Crippen LogP contribution in [0, 0.1) is 11.8 Å². The molecule has 14 heavy (non-hydrogen) atoms. The normalized spacial score (nSPS) is 9.07. The molecule has 2 heteroatoms. The summed E-state index contributed by atoms with van der Waals surface area (Å²) in [5.41, 5.74) is 1.12. The van der Waals surface area contributed by atoms with Crippen molar-refractivity contribution in [3.8, 4) is 17.6 Å². The number of halogens is 1. The van der Waals surface area contributed by atoms with E-state index in [4.69, 9.17) is 16.3 Å². The first-order chi connectivity index (χ1) is 6.77. The van der Waals surface area contributed by atoms with Gasteiger partial charge < -0.3 is 4.74 Å². The molecule has 0 atom stereocenters. The topological polar surface area (TPSA) is 9.23 Å². The van der Waals surface area contributed by atoms with Crippen molar-refractivity contribution in [1.29, 1.82) is 0 Å². The molecule has 1 rings (SSSR count). The largest absolute Gasteiger partial charge is 0.497 e. The van der Waals surface area contributed by atoms with Crippen LogP contribution in [0.2, 0.25) is 5.02 Å². The van der Waals surface area contributed by atoms with Crippen molar-refractivity contribution in [3.63, 3.8) is 0 Å². The van der Waals surface area contributed by atoms with Crippen LogP contribution in [-0.2, 0) is 6.42 Å².